The van der Waals surface area contributed by atoms with E-state index in [0.717, 1.165) is 41.0 Å². The van der Waals surface area contributed by atoms with E-state index in [2.05, 4.69) is 43.4 Å². The van der Waals surface area contributed by atoms with Crippen molar-refractivity contribution in [2.24, 2.45) is 5.92 Å². The third-order valence-electron chi connectivity index (χ3n) is 6.69. The second kappa shape index (κ2) is 13.7. The SMILES string of the molecule is CC(C)C(=O)N1CC[C@H](NC(=O)Nc2ccc3cc2CCc2cccc(c2)Nc2ncc(Cl)c(n2)N3)C1.O=CC(F)(F)F. The molecule has 2 aliphatic rings. The zero-order valence-electron chi connectivity index (χ0n) is 23.5. The van der Waals surface area contributed by atoms with Gasteiger partial charge in [-0.15, -0.1) is 0 Å². The number of halogens is 4. The van der Waals surface area contributed by atoms with E-state index in [1.54, 1.807) is 6.20 Å². The van der Waals surface area contributed by atoms with Crippen LogP contribution in [0.2, 0.25) is 5.02 Å². The van der Waals surface area contributed by atoms with Crippen LogP contribution < -0.4 is 21.3 Å². The number of benzene rings is 2. The van der Waals surface area contributed by atoms with E-state index in [-0.39, 0.29) is 23.9 Å². The molecule has 1 fully saturated rings. The van der Waals surface area contributed by atoms with Crippen molar-refractivity contribution in [3.05, 3.63) is 64.8 Å². The number of urea groups is 1. The summed E-state index contributed by atoms with van der Waals surface area (Å²) in [5, 5.41) is 13.0. The van der Waals surface area contributed by atoms with Gasteiger partial charge in [0.2, 0.25) is 18.1 Å². The van der Waals surface area contributed by atoms with Crippen molar-refractivity contribution in [2.75, 3.05) is 29.0 Å². The molecule has 2 aromatic carbocycles. The minimum atomic E-state index is -4.64. The van der Waals surface area contributed by atoms with Gasteiger partial charge in [0.1, 0.15) is 5.02 Å². The van der Waals surface area contributed by atoms with Gasteiger partial charge in [-0.2, -0.15) is 18.2 Å². The van der Waals surface area contributed by atoms with Crippen molar-refractivity contribution >= 4 is 58.7 Å². The van der Waals surface area contributed by atoms with Gasteiger partial charge in [-0.05, 0) is 60.7 Å². The molecule has 0 saturated carbocycles. The number of rotatable bonds is 3. The highest BCUT2D eigenvalue weighted by atomic mass is 35.5. The lowest BCUT2D eigenvalue weighted by atomic mass is 10.0. The Hall–Kier alpha value is -4.39. The van der Waals surface area contributed by atoms with Crippen LogP contribution in [0.3, 0.4) is 0 Å². The normalized spacial score (nSPS) is 15.8. The van der Waals surface area contributed by atoms with E-state index >= 15 is 0 Å². The second-order valence-corrected chi connectivity index (χ2v) is 10.8. The van der Waals surface area contributed by atoms with Gasteiger partial charge < -0.3 is 26.2 Å². The molecule has 1 aromatic heterocycles. The highest BCUT2D eigenvalue weighted by molar-refractivity contribution is 6.32. The van der Waals surface area contributed by atoms with Crippen molar-refractivity contribution in [3.8, 4) is 0 Å². The highest BCUT2D eigenvalue weighted by Crippen LogP contribution is 2.29. The number of hydrogen-bond donors (Lipinski definition) is 4. The molecule has 1 atom stereocenters. The summed E-state index contributed by atoms with van der Waals surface area (Å²) in [6.45, 7) is 4.98. The zero-order valence-corrected chi connectivity index (χ0v) is 24.2. The van der Waals surface area contributed by atoms with Crippen LogP contribution in [0, 0.1) is 5.92 Å². The monoisotopic (exact) mass is 617 g/mol. The third kappa shape index (κ3) is 9.05. The van der Waals surface area contributed by atoms with Crippen LogP contribution in [0.15, 0.2) is 48.7 Å². The van der Waals surface area contributed by atoms with Crippen molar-refractivity contribution in [1.29, 1.82) is 0 Å². The first kappa shape index (κ1) is 31.5. The van der Waals surface area contributed by atoms with Gasteiger partial charge in [-0.25, -0.2) is 9.78 Å². The van der Waals surface area contributed by atoms with Gasteiger partial charge >= 0.3 is 12.2 Å². The molecule has 3 aromatic rings. The zero-order chi connectivity index (χ0) is 31.1. The molecule has 43 heavy (non-hydrogen) atoms. The van der Waals surface area contributed by atoms with Gasteiger partial charge in [-0.1, -0.05) is 37.6 Å². The summed E-state index contributed by atoms with van der Waals surface area (Å²) < 4.78 is 31.2. The fourth-order valence-electron chi connectivity index (χ4n) is 4.65. The number of likely N-dealkylation sites (tertiary alicyclic amines) is 1. The maximum atomic E-state index is 12.9. The molecule has 1 saturated heterocycles. The molecule has 10 nitrogen and oxygen atoms in total. The number of hydrogen-bond acceptors (Lipinski definition) is 7. The van der Waals surface area contributed by atoms with Crippen molar-refractivity contribution in [1.82, 2.24) is 20.2 Å². The minimum Gasteiger partial charge on any atom is -0.340 e. The quantitative estimate of drug-likeness (QED) is 0.272. The van der Waals surface area contributed by atoms with Crippen LogP contribution in [0.1, 0.15) is 31.4 Å². The Morgan fingerprint density at radius 2 is 1.86 bits per heavy atom. The Bertz CT molecular complexity index is 1490. The number of fused-ring (bicyclic) bond motifs is 6. The Balaban J connectivity index is 0.000000641. The molecule has 0 radical (unpaired) electrons. The van der Waals surface area contributed by atoms with Crippen LogP contribution in [0.4, 0.5) is 46.8 Å². The molecule has 0 aliphatic carbocycles. The van der Waals surface area contributed by atoms with E-state index < -0.39 is 12.5 Å². The van der Waals surface area contributed by atoms with E-state index in [1.807, 2.05) is 49.1 Å². The first-order valence-corrected chi connectivity index (χ1v) is 14.0. The van der Waals surface area contributed by atoms with Crippen LogP contribution in [-0.2, 0) is 22.4 Å². The summed E-state index contributed by atoms with van der Waals surface area (Å²) in [5.41, 5.74) is 4.54. The lowest BCUT2D eigenvalue weighted by molar-refractivity contribution is -0.156. The van der Waals surface area contributed by atoms with Crippen molar-refractivity contribution in [2.45, 2.75) is 45.3 Å². The summed E-state index contributed by atoms with van der Waals surface area (Å²) in [4.78, 5) is 44.5. The van der Waals surface area contributed by atoms with E-state index in [1.165, 1.54) is 0 Å². The largest absolute Gasteiger partial charge is 0.446 e. The molecule has 3 heterocycles. The average molecular weight is 618 g/mol. The number of carbonyl (C=O) groups is 3. The maximum absolute atomic E-state index is 12.9. The number of aromatic nitrogens is 2. The molecule has 0 unspecified atom stereocenters. The Morgan fingerprint density at radius 1 is 1.12 bits per heavy atom. The van der Waals surface area contributed by atoms with Gasteiger partial charge in [0.15, 0.2) is 5.82 Å². The van der Waals surface area contributed by atoms with E-state index in [4.69, 9.17) is 16.4 Å². The van der Waals surface area contributed by atoms with Gasteiger partial charge in [0.05, 0.1) is 6.20 Å². The number of nitrogens with zero attached hydrogens (tertiary/aromatic N) is 3. The van der Waals surface area contributed by atoms with Gasteiger partial charge in [0.25, 0.3) is 0 Å². The Morgan fingerprint density at radius 3 is 2.58 bits per heavy atom. The topological polar surface area (TPSA) is 128 Å². The number of aldehydes is 1. The molecule has 5 rings (SSSR count). The number of carbonyl (C=O) groups excluding carboxylic acids is 3. The van der Waals surface area contributed by atoms with Gasteiger partial charge in [0, 0.05) is 42.1 Å². The molecule has 14 heteroatoms. The molecule has 3 amide bonds. The van der Waals surface area contributed by atoms with Crippen LogP contribution >= 0.6 is 11.6 Å². The first-order chi connectivity index (χ1) is 20.4. The van der Waals surface area contributed by atoms with Crippen molar-refractivity contribution < 1.29 is 27.6 Å². The van der Waals surface area contributed by atoms with Gasteiger partial charge in [-0.3, -0.25) is 9.59 Å². The number of amides is 3. The fraction of sp³-hybridized carbons (Fsp3) is 0.345. The van der Waals surface area contributed by atoms with Crippen LogP contribution in [0.25, 0.3) is 0 Å². The molecular weight excluding hydrogens is 587 g/mol. The Kier molecular flexibility index (Phi) is 10.1. The molecular formula is C29H31ClF3N7O3. The molecule has 6 bridgehead atoms. The molecule has 228 valence electrons. The summed E-state index contributed by atoms with van der Waals surface area (Å²) in [5.74, 6) is 1.00. The number of anilines is 5. The molecule has 0 spiro atoms. The third-order valence-corrected chi connectivity index (χ3v) is 6.97. The fourth-order valence-corrected chi connectivity index (χ4v) is 4.79. The molecule has 2 aliphatic heterocycles. The summed E-state index contributed by atoms with van der Waals surface area (Å²) in [6.07, 6.45) is -1.90. The standard InChI is InChI=1S/C27H30ClN7O2.C2HF3O/c1-16(2)25(36)35-11-10-21(15-35)32-27(37)33-23-9-8-20-13-18(23)7-6-17-4-3-5-19(12-17)31-26-29-14-22(28)24(30-20)34-26;3-2(4,5)1-6/h3-5,8-9,12-14,16,21H,6-7,10-11,15H2,1-2H3,(H2,32,33,37)(H2,29,30,31,34);1H/t21-;/m0./s1. The predicted octanol–water partition coefficient (Wildman–Crippen LogP) is 5.84. The Labute approximate surface area is 251 Å². The summed E-state index contributed by atoms with van der Waals surface area (Å²) >= 11 is 6.36. The predicted molar refractivity (Wildman–Crippen MR) is 158 cm³/mol. The maximum Gasteiger partial charge on any atom is 0.446 e. The average Bonchev–Trinajstić information content (AvgIpc) is 3.42. The van der Waals surface area contributed by atoms with E-state index in [0.29, 0.717) is 36.3 Å². The smallest absolute Gasteiger partial charge is 0.340 e. The summed E-state index contributed by atoms with van der Waals surface area (Å²) in [6, 6.07) is 13.5. The van der Waals surface area contributed by atoms with Crippen LogP contribution in [0.5, 0.6) is 0 Å². The van der Waals surface area contributed by atoms with E-state index in [9.17, 15) is 22.8 Å². The lowest BCUT2D eigenvalue weighted by Crippen LogP contribution is -2.41. The van der Waals surface area contributed by atoms with Crippen LogP contribution in [-0.4, -0.2) is 58.4 Å². The lowest BCUT2D eigenvalue weighted by Gasteiger charge is -2.19. The van der Waals surface area contributed by atoms with Crippen molar-refractivity contribution in [3.63, 3.8) is 0 Å². The minimum absolute atomic E-state index is 0.0489. The summed E-state index contributed by atoms with van der Waals surface area (Å²) in [7, 11) is 0. The number of nitrogens with one attached hydrogen (secondary N) is 4. The highest BCUT2D eigenvalue weighted by Gasteiger charge is 2.28. The second-order valence-electron chi connectivity index (χ2n) is 10.4. The first-order valence-electron chi connectivity index (χ1n) is 13.6. The number of alkyl halides is 3. The number of aryl methyl sites for hydroxylation is 2. The molecule has 4 N–H and O–H groups in total.